The van der Waals surface area contributed by atoms with Crippen LogP contribution in [0.15, 0.2) is 0 Å². The van der Waals surface area contributed by atoms with Crippen LogP contribution in [0.5, 0.6) is 0 Å². The van der Waals surface area contributed by atoms with Crippen molar-refractivity contribution in [1.82, 2.24) is 0 Å². The number of alkyl halides is 3. The smallest absolute Gasteiger partial charge is 0.0145 e. The van der Waals surface area contributed by atoms with Gasteiger partial charge in [0.05, 0.1) is 0 Å². The van der Waals surface area contributed by atoms with Gasteiger partial charge in [-0.2, -0.15) is 0 Å². The van der Waals surface area contributed by atoms with Gasteiger partial charge in [-0.3, -0.25) is 0 Å². The lowest BCUT2D eigenvalue weighted by Gasteiger charge is -2.08. The molecular weight excluding hydrogens is 360 g/mol. The van der Waals surface area contributed by atoms with Crippen molar-refractivity contribution in [2.75, 3.05) is 10.7 Å². The third-order valence-corrected chi connectivity index (χ3v) is 4.09. The van der Waals surface area contributed by atoms with Crippen molar-refractivity contribution in [2.45, 2.75) is 49.8 Å². The summed E-state index contributed by atoms with van der Waals surface area (Å²) in [4.78, 5) is 0.752. The van der Waals surface area contributed by atoms with Crippen LogP contribution in [-0.2, 0) is 0 Å². The summed E-state index contributed by atoms with van der Waals surface area (Å²) in [5.74, 6) is 0. The zero-order chi connectivity index (χ0) is 9.94. The number of unbranched alkanes of at least 4 members (excludes halogenated alkanes) is 3. The molecule has 0 nitrogen and oxygen atoms in total. The number of hydrogen-bond donors (Lipinski definition) is 0. The Morgan fingerprint density at radius 1 is 0.692 bits per heavy atom. The van der Waals surface area contributed by atoms with E-state index in [1.54, 1.807) is 0 Å². The normalized spacial score (nSPS) is 13.2. The van der Waals surface area contributed by atoms with Crippen LogP contribution in [0.3, 0.4) is 0 Å². The summed E-state index contributed by atoms with van der Waals surface area (Å²) in [6.45, 7) is 0. The summed E-state index contributed by atoms with van der Waals surface area (Å²) in [6.07, 6.45) is 9.39. The Balaban J connectivity index is 3.05. The summed E-state index contributed by atoms with van der Waals surface area (Å²) in [6, 6.07) is 0. The summed E-state index contributed by atoms with van der Waals surface area (Å²) in [5.41, 5.74) is 0. The zero-order valence-corrected chi connectivity index (χ0v) is 12.8. The second-order valence-electron chi connectivity index (χ2n) is 3.32. The number of rotatable bonds is 9. The molecule has 0 radical (unpaired) electrons. The van der Waals surface area contributed by atoms with E-state index in [9.17, 15) is 0 Å². The van der Waals surface area contributed by atoms with E-state index >= 15 is 0 Å². The van der Waals surface area contributed by atoms with E-state index in [4.69, 9.17) is 0 Å². The fourth-order valence-corrected chi connectivity index (χ4v) is 2.68. The van der Waals surface area contributed by atoms with Crippen molar-refractivity contribution in [1.29, 1.82) is 0 Å². The standard InChI is InChI=1S/C10H19Br3/c11-8-4-1-2-6-10(13)7-3-5-9-12/h10H,1-9H2. The van der Waals surface area contributed by atoms with Crippen molar-refractivity contribution in [3.8, 4) is 0 Å². The van der Waals surface area contributed by atoms with Gasteiger partial charge >= 0.3 is 0 Å². The summed E-state index contributed by atoms with van der Waals surface area (Å²) >= 11 is 10.6. The highest BCUT2D eigenvalue weighted by Gasteiger charge is 2.02. The van der Waals surface area contributed by atoms with Gasteiger partial charge in [-0.05, 0) is 25.7 Å². The molecule has 0 aromatic carbocycles. The van der Waals surface area contributed by atoms with Gasteiger partial charge in [0.25, 0.3) is 0 Å². The SMILES string of the molecule is BrCCCCCC(Br)CCCCBr. The summed E-state index contributed by atoms with van der Waals surface area (Å²) in [5, 5.41) is 2.31. The highest BCUT2D eigenvalue weighted by atomic mass is 79.9. The van der Waals surface area contributed by atoms with Crippen molar-refractivity contribution in [2.24, 2.45) is 0 Å². The Morgan fingerprint density at radius 2 is 1.15 bits per heavy atom. The van der Waals surface area contributed by atoms with E-state index in [0.29, 0.717) is 0 Å². The van der Waals surface area contributed by atoms with Crippen LogP contribution in [0.4, 0.5) is 0 Å². The predicted molar refractivity (Wildman–Crippen MR) is 72.6 cm³/mol. The summed E-state index contributed by atoms with van der Waals surface area (Å²) in [7, 11) is 0. The van der Waals surface area contributed by atoms with Gasteiger partial charge in [0.1, 0.15) is 0 Å². The molecule has 3 heteroatoms. The minimum Gasteiger partial charge on any atom is -0.0928 e. The molecule has 0 aromatic heterocycles. The largest absolute Gasteiger partial charge is 0.0928 e. The molecule has 0 aromatic rings. The van der Waals surface area contributed by atoms with Gasteiger partial charge in [-0.15, -0.1) is 0 Å². The first-order valence-electron chi connectivity index (χ1n) is 5.07. The molecule has 0 saturated carbocycles. The molecule has 0 aliphatic rings. The van der Waals surface area contributed by atoms with E-state index in [-0.39, 0.29) is 0 Å². The molecular formula is C10H19Br3. The lowest BCUT2D eigenvalue weighted by Crippen LogP contribution is -1.97. The van der Waals surface area contributed by atoms with E-state index in [0.717, 1.165) is 15.5 Å². The molecule has 1 atom stereocenters. The Kier molecular flexibility index (Phi) is 12.8. The minimum atomic E-state index is 0.752. The van der Waals surface area contributed by atoms with Crippen LogP contribution in [0.1, 0.15) is 44.9 Å². The van der Waals surface area contributed by atoms with Gasteiger partial charge in [-0.25, -0.2) is 0 Å². The van der Waals surface area contributed by atoms with Crippen LogP contribution in [-0.4, -0.2) is 15.5 Å². The first-order chi connectivity index (χ1) is 6.31. The Morgan fingerprint density at radius 3 is 1.69 bits per heavy atom. The van der Waals surface area contributed by atoms with Gasteiger partial charge in [0.2, 0.25) is 0 Å². The number of hydrogen-bond acceptors (Lipinski definition) is 0. The molecule has 13 heavy (non-hydrogen) atoms. The van der Waals surface area contributed by atoms with Crippen molar-refractivity contribution in [3.63, 3.8) is 0 Å². The monoisotopic (exact) mass is 376 g/mol. The molecule has 0 bridgehead atoms. The molecule has 0 rings (SSSR count). The molecule has 0 fully saturated rings. The average Bonchev–Trinajstić information content (AvgIpc) is 2.13. The molecule has 0 saturated heterocycles. The zero-order valence-electron chi connectivity index (χ0n) is 8.08. The van der Waals surface area contributed by atoms with Gasteiger partial charge in [0, 0.05) is 15.5 Å². The molecule has 1 unspecified atom stereocenters. The molecule has 0 spiro atoms. The molecule has 0 heterocycles. The molecule has 0 N–H and O–H groups in total. The first-order valence-corrected chi connectivity index (χ1v) is 8.23. The van der Waals surface area contributed by atoms with Crippen molar-refractivity contribution in [3.05, 3.63) is 0 Å². The molecule has 0 aliphatic heterocycles. The first kappa shape index (κ1) is 14.4. The lowest BCUT2D eigenvalue weighted by molar-refractivity contribution is 0.607. The fourth-order valence-electron chi connectivity index (χ4n) is 1.24. The molecule has 0 amide bonds. The van der Waals surface area contributed by atoms with Crippen LogP contribution < -0.4 is 0 Å². The van der Waals surface area contributed by atoms with Crippen molar-refractivity contribution < 1.29 is 0 Å². The minimum absolute atomic E-state index is 0.752. The van der Waals surface area contributed by atoms with Gasteiger partial charge in [0.15, 0.2) is 0 Å². The Hall–Kier alpha value is 1.44. The highest BCUT2D eigenvalue weighted by molar-refractivity contribution is 9.09. The topological polar surface area (TPSA) is 0 Å². The van der Waals surface area contributed by atoms with Crippen molar-refractivity contribution >= 4 is 47.8 Å². The van der Waals surface area contributed by atoms with E-state index < -0.39 is 0 Å². The quantitative estimate of drug-likeness (QED) is 0.378. The Labute approximate surface area is 108 Å². The maximum atomic E-state index is 3.73. The van der Waals surface area contributed by atoms with Gasteiger partial charge < -0.3 is 0 Å². The predicted octanol–water partition coefficient (Wildman–Crippen LogP) is 5.27. The second-order valence-corrected chi connectivity index (χ2v) is 6.20. The maximum absolute atomic E-state index is 3.73. The van der Waals surface area contributed by atoms with Crippen LogP contribution in [0.2, 0.25) is 0 Å². The van der Waals surface area contributed by atoms with Crippen LogP contribution in [0, 0.1) is 0 Å². The third kappa shape index (κ3) is 11.4. The van der Waals surface area contributed by atoms with Gasteiger partial charge in [-0.1, -0.05) is 67.1 Å². The average molecular weight is 379 g/mol. The van der Waals surface area contributed by atoms with E-state index in [1.807, 2.05) is 0 Å². The van der Waals surface area contributed by atoms with E-state index in [2.05, 4.69) is 47.8 Å². The third-order valence-electron chi connectivity index (χ3n) is 2.05. The lowest BCUT2D eigenvalue weighted by atomic mass is 10.1. The van der Waals surface area contributed by atoms with Crippen LogP contribution >= 0.6 is 47.8 Å². The summed E-state index contributed by atoms with van der Waals surface area (Å²) < 4.78 is 0. The van der Waals surface area contributed by atoms with E-state index in [1.165, 1.54) is 44.9 Å². The second kappa shape index (κ2) is 11.5. The maximum Gasteiger partial charge on any atom is 0.0145 e. The molecule has 80 valence electrons. The highest BCUT2D eigenvalue weighted by Crippen LogP contribution is 2.17. The Bertz CT molecular complexity index is 96.2. The fraction of sp³-hybridized carbons (Fsp3) is 1.00. The molecule has 0 aliphatic carbocycles. The number of halogens is 3. The van der Waals surface area contributed by atoms with Crippen LogP contribution in [0.25, 0.3) is 0 Å².